The summed E-state index contributed by atoms with van der Waals surface area (Å²) in [5, 5.41) is 6.82. The fourth-order valence-electron chi connectivity index (χ4n) is 3.03. The minimum absolute atomic E-state index is 0.0380. The maximum atomic E-state index is 12.6. The summed E-state index contributed by atoms with van der Waals surface area (Å²) in [5.74, 6) is -0.227. The number of amides is 2. The Balaban J connectivity index is 0.00000227. The fraction of sp³-hybridized carbons (Fsp3) is 0.481. The van der Waals surface area contributed by atoms with E-state index in [0.29, 0.717) is 21.5 Å². The molecule has 0 fully saturated rings. The molecule has 5 heteroatoms. The standard InChI is InChI=1S/C23H31N2O2P.2C2H6/c1-2-3-16-25-23(27)19(11-5-4-6-15-22(24)26)17-28-21-14-9-12-18-10-7-8-13-20(18)21;2*1-2/h7-14,28H,2-6,15-17H2,1H3,(H2,24,26)(H,25,27);2*1-2H3/b19-11+;;. The lowest BCUT2D eigenvalue weighted by Crippen LogP contribution is -2.27. The molecule has 3 N–H and O–H groups in total. The Kier molecular flexibility index (Phi) is 18.2. The number of nitrogens with one attached hydrogen (secondary N) is 1. The first-order valence-corrected chi connectivity index (χ1v) is 13.3. The van der Waals surface area contributed by atoms with E-state index in [-0.39, 0.29) is 11.8 Å². The lowest BCUT2D eigenvalue weighted by atomic mass is 10.1. The first-order chi connectivity index (χ1) is 15.6. The summed E-state index contributed by atoms with van der Waals surface area (Å²) in [5.41, 5.74) is 6.04. The molecule has 2 aromatic carbocycles. The van der Waals surface area contributed by atoms with Crippen molar-refractivity contribution in [3.05, 3.63) is 54.1 Å². The second-order valence-electron chi connectivity index (χ2n) is 6.93. The number of allylic oxidation sites excluding steroid dienone is 1. The SMILES string of the molecule is CC.CC.CCCCNC(=O)/C(=C/CCCCC(N)=O)CPc1cccc2ccccc12. The van der Waals surface area contributed by atoms with Gasteiger partial charge in [0.15, 0.2) is 0 Å². The van der Waals surface area contributed by atoms with Gasteiger partial charge in [-0.15, -0.1) is 0 Å². The smallest absolute Gasteiger partial charge is 0.247 e. The number of benzene rings is 2. The van der Waals surface area contributed by atoms with Gasteiger partial charge in [0.2, 0.25) is 11.8 Å². The summed E-state index contributed by atoms with van der Waals surface area (Å²) in [6, 6.07) is 14.7. The van der Waals surface area contributed by atoms with E-state index >= 15 is 0 Å². The topological polar surface area (TPSA) is 72.2 Å². The lowest BCUT2D eigenvalue weighted by molar-refractivity contribution is -0.118. The Morgan fingerprint density at radius 3 is 2.34 bits per heavy atom. The van der Waals surface area contributed by atoms with Crippen LogP contribution in [0, 0.1) is 0 Å². The summed E-state index contributed by atoms with van der Waals surface area (Å²) < 4.78 is 0. The third-order valence-corrected chi connectivity index (χ3v) is 6.01. The van der Waals surface area contributed by atoms with Gasteiger partial charge >= 0.3 is 0 Å². The summed E-state index contributed by atoms with van der Waals surface area (Å²) in [6.07, 6.45) is 7.66. The van der Waals surface area contributed by atoms with Gasteiger partial charge in [-0.25, -0.2) is 0 Å². The predicted octanol–water partition coefficient (Wildman–Crippen LogP) is 6.08. The molecule has 0 saturated carbocycles. The molecule has 0 aliphatic heterocycles. The maximum absolute atomic E-state index is 12.6. The van der Waals surface area contributed by atoms with Gasteiger partial charge < -0.3 is 11.1 Å². The highest BCUT2D eigenvalue weighted by atomic mass is 31.1. The molecule has 0 saturated heterocycles. The molecule has 1 atom stereocenters. The van der Waals surface area contributed by atoms with Crippen molar-refractivity contribution in [2.24, 2.45) is 5.73 Å². The molecule has 32 heavy (non-hydrogen) atoms. The van der Waals surface area contributed by atoms with Gasteiger partial charge in [0.1, 0.15) is 0 Å². The Bertz CT molecular complexity index is 813. The second kappa shape index (κ2) is 19.5. The zero-order valence-electron chi connectivity index (χ0n) is 20.7. The van der Waals surface area contributed by atoms with Gasteiger partial charge in [-0.05, 0) is 47.9 Å². The summed E-state index contributed by atoms with van der Waals surface area (Å²) in [7, 11) is 0.542. The van der Waals surface area contributed by atoms with Crippen molar-refractivity contribution < 1.29 is 9.59 Å². The minimum Gasteiger partial charge on any atom is -0.370 e. The molecule has 0 aromatic heterocycles. The number of hydrogen-bond acceptors (Lipinski definition) is 2. The monoisotopic (exact) mass is 458 g/mol. The van der Waals surface area contributed by atoms with Crippen LogP contribution in [-0.4, -0.2) is 24.5 Å². The van der Waals surface area contributed by atoms with E-state index in [1.165, 1.54) is 16.1 Å². The van der Waals surface area contributed by atoms with E-state index < -0.39 is 0 Å². The third-order valence-electron chi connectivity index (χ3n) is 4.63. The molecular formula is C27H43N2O2P. The van der Waals surface area contributed by atoms with Crippen molar-refractivity contribution in [3.63, 3.8) is 0 Å². The number of carbonyl (C=O) groups excluding carboxylic acids is 2. The maximum Gasteiger partial charge on any atom is 0.247 e. The summed E-state index contributed by atoms with van der Waals surface area (Å²) in [6.45, 7) is 10.8. The van der Waals surface area contributed by atoms with Crippen molar-refractivity contribution in [3.8, 4) is 0 Å². The van der Waals surface area contributed by atoms with Gasteiger partial charge in [-0.2, -0.15) is 0 Å². The van der Waals surface area contributed by atoms with Crippen LogP contribution in [0.4, 0.5) is 0 Å². The molecule has 0 heterocycles. The number of unbranched alkanes of at least 4 members (excludes halogenated alkanes) is 3. The Labute approximate surface area is 197 Å². The highest BCUT2D eigenvalue weighted by Gasteiger charge is 2.10. The number of nitrogens with two attached hydrogens (primary N) is 1. The van der Waals surface area contributed by atoms with Crippen LogP contribution in [0.1, 0.15) is 73.1 Å². The average Bonchev–Trinajstić information content (AvgIpc) is 2.83. The van der Waals surface area contributed by atoms with E-state index in [1.807, 2.05) is 39.8 Å². The summed E-state index contributed by atoms with van der Waals surface area (Å²) in [4.78, 5) is 23.5. The van der Waals surface area contributed by atoms with Crippen molar-refractivity contribution in [1.29, 1.82) is 0 Å². The molecule has 2 amide bonds. The highest BCUT2D eigenvalue weighted by Crippen LogP contribution is 2.22. The number of fused-ring (bicyclic) bond motifs is 1. The van der Waals surface area contributed by atoms with Crippen LogP contribution in [0.15, 0.2) is 54.1 Å². The van der Waals surface area contributed by atoms with Crippen LogP contribution in [0.3, 0.4) is 0 Å². The third kappa shape index (κ3) is 12.0. The van der Waals surface area contributed by atoms with Crippen LogP contribution in [0.25, 0.3) is 10.8 Å². The van der Waals surface area contributed by atoms with E-state index in [4.69, 9.17) is 5.73 Å². The molecule has 2 aromatic rings. The minimum atomic E-state index is -0.265. The first-order valence-electron chi connectivity index (χ1n) is 12.1. The Hall–Kier alpha value is -2.19. The number of hydrogen-bond donors (Lipinski definition) is 2. The molecular weight excluding hydrogens is 415 g/mol. The quantitative estimate of drug-likeness (QED) is 0.230. The fourth-order valence-corrected chi connectivity index (χ4v) is 4.35. The number of carbonyl (C=O) groups is 2. The van der Waals surface area contributed by atoms with Crippen LogP contribution < -0.4 is 16.4 Å². The van der Waals surface area contributed by atoms with Gasteiger partial charge in [0, 0.05) is 18.5 Å². The molecule has 0 spiro atoms. The van der Waals surface area contributed by atoms with Gasteiger partial charge in [-0.1, -0.05) is 98.2 Å². The molecule has 2 rings (SSSR count). The van der Waals surface area contributed by atoms with Gasteiger partial charge in [0.05, 0.1) is 0 Å². The molecule has 0 bridgehead atoms. The highest BCUT2D eigenvalue weighted by molar-refractivity contribution is 7.48. The van der Waals surface area contributed by atoms with E-state index in [1.54, 1.807) is 0 Å². The first kappa shape index (κ1) is 29.8. The van der Waals surface area contributed by atoms with Crippen LogP contribution in [-0.2, 0) is 9.59 Å². The van der Waals surface area contributed by atoms with Crippen molar-refractivity contribution in [2.45, 2.75) is 73.1 Å². The van der Waals surface area contributed by atoms with E-state index in [0.717, 1.165) is 43.8 Å². The van der Waals surface area contributed by atoms with Gasteiger partial charge in [0.25, 0.3) is 0 Å². The van der Waals surface area contributed by atoms with Crippen LogP contribution in [0.2, 0.25) is 0 Å². The largest absolute Gasteiger partial charge is 0.370 e. The number of primary amides is 1. The normalized spacial score (nSPS) is 10.8. The predicted molar refractivity (Wildman–Crippen MR) is 143 cm³/mol. The lowest BCUT2D eigenvalue weighted by Gasteiger charge is -2.11. The Morgan fingerprint density at radius 2 is 1.66 bits per heavy atom. The molecule has 1 unspecified atom stereocenters. The molecule has 0 radical (unpaired) electrons. The zero-order chi connectivity index (χ0) is 24.2. The number of rotatable bonds is 12. The van der Waals surface area contributed by atoms with Crippen LogP contribution in [0.5, 0.6) is 0 Å². The molecule has 4 nitrogen and oxygen atoms in total. The van der Waals surface area contributed by atoms with E-state index in [9.17, 15) is 9.59 Å². The second-order valence-corrected chi connectivity index (χ2v) is 8.18. The van der Waals surface area contributed by atoms with E-state index in [2.05, 4.69) is 48.6 Å². The molecule has 0 aliphatic rings. The average molecular weight is 459 g/mol. The van der Waals surface area contributed by atoms with Gasteiger partial charge in [-0.3, -0.25) is 9.59 Å². The Morgan fingerprint density at radius 1 is 0.969 bits per heavy atom. The molecule has 0 aliphatic carbocycles. The zero-order valence-corrected chi connectivity index (χ0v) is 21.7. The molecule has 178 valence electrons. The summed E-state index contributed by atoms with van der Waals surface area (Å²) >= 11 is 0. The van der Waals surface area contributed by atoms with Crippen molar-refractivity contribution in [1.82, 2.24) is 5.32 Å². The van der Waals surface area contributed by atoms with Crippen molar-refractivity contribution in [2.75, 3.05) is 12.7 Å². The van der Waals surface area contributed by atoms with Crippen molar-refractivity contribution >= 4 is 36.5 Å². The van der Waals surface area contributed by atoms with Crippen LogP contribution >= 0.6 is 8.58 Å².